The average Bonchev–Trinajstić information content (AvgIpc) is 2.86. The average molecular weight is 486 g/mol. The summed E-state index contributed by atoms with van der Waals surface area (Å²) in [7, 11) is 3.54. The Labute approximate surface area is 215 Å². The second-order valence-electron chi connectivity index (χ2n) is 10.3. The van der Waals surface area contributed by atoms with E-state index >= 15 is 0 Å². The molecule has 0 radical (unpaired) electrons. The largest absolute Gasteiger partial charge is 0.344 e. The lowest BCUT2D eigenvalue weighted by atomic mass is 9.99. The van der Waals surface area contributed by atoms with Gasteiger partial charge in [-0.05, 0) is 61.1 Å². The molecule has 3 aromatic carbocycles. The molecule has 36 heavy (non-hydrogen) atoms. The van der Waals surface area contributed by atoms with Crippen LogP contribution >= 0.6 is 0 Å². The molecule has 0 aliphatic rings. The van der Waals surface area contributed by atoms with E-state index in [1.54, 1.807) is 22.9 Å². The number of aryl methyl sites for hydroxylation is 1. The van der Waals surface area contributed by atoms with E-state index in [0.29, 0.717) is 19.4 Å². The van der Waals surface area contributed by atoms with Crippen LogP contribution in [0.1, 0.15) is 37.8 Å². The third-order valence-electron chi connectivity index (χ3n) is 6.43. The molecule has 2 amide bonds. The number of fused-ring (bicyclic) bond motifs is 1. The Kier molecular flexibility index (Phi) is 9.43. The fourth-order valence-corrected chi connectivity index (χ4v) is 4.24. The van der Waals surface area contributed by atoms with Gasteiger partial charge in [0, 0.05) is 32.6 Å². The summed E-state index contributed by atoms with van der Waals surface area (Å²) >= 11 is 0. The highest BCUT2D eigenvalue weighted by Crippen LogP contribution is 2.19. The minimum atomic E-state index is -0.601. The zero-order chi connectivity index (χ0) is 26.1. The lowest BCUT2D eigenvalue weighted by molar-refractivity contribution is -0.141. The normalized spacial score (nSPS) is 12.6. The Morgan fingerprint density at radius 3 is 2.28 bits per heavy atom. The Balaban J connectivity index is 1.75. The Morgan fingerprint density at radius 2 is 1.58 bits per heavy atom. The van der Waals surface area contributed by atoms with Gasteiger partial charge in [0.1, 0.15) is 6.04 Å². The highest BCUT2D eigenvalue weighted by atomic mass is 16.2. The molecule has 1 unspecified atom stereocenters. The van der Waals surface area contributed by atoms with Gasteiger partial charge in [0.05, 0.1) is 0 Å². The molecule has 0 spiro atoms. The van der Waals surface area contributed by atoms with Crippen LogP contribution in [0.4, 0.5) is 0 Å². The topological polar surface area (TPSA) is 66.6 Å². The number of amides is 2. The van der Waals surface area contributed by atoms with E-state index in [4.69, 9.17) is 5.73 Å². The van der Waals surface area contributed by atoms with Gasteiger partial charge in [-0.15, -0.1) is 0 Å². The number of rotatable bonds is 11. The Bertz CT molecular complexity index is 1180. The minimum Gasteiger partial charge on any atom is -0.344 e. The first-order valence-electron chi connectivity index (χ1n) is 12.6. The van der Waals surface area contributed by atoms with Crippen LogP contribution in [0, 0.1) is 0 Å². The van der Waals surface area contributed by atoms with Crippen molar-refractivity contribution in [2.75, 3.05) is 20.6 Å². The zero-order valence-corrected chi connectivity index (χ0v) is 22.0. The number of hydrogen-bond donors (Lipinski definition) is 1. The second kappa shape index (κ2) is 12.5. The molecule has 0 aromatic heterocycles. The molecule has 3 aromatic rings. The van der Waals surface area contributed by atoms with Crippen LogP contribution < -0.4 is 5.73 Å². The molecular weight excluding hydrogens is 446 g/mol. The highest BCUT2D eigenvalue weighted by molar-refractivity contribution is 5.93. The van der Waals surface area contributed by atoms with Gasteiger partial charge in [-0.25, -0.2) is 0 Å². The van der Waals surface area contributed by atoms with Crippen molar-refractivity contribution >= 4 is 22.6 Å². The van der Waals surface area contributed by atoms with Gasteiger partial charge in [0.2, 0.25) is 11.8 Å². The van der Waals surface area contributed by atoms with Crippen LogP contribution in [0.3, 0.4) is 0 Å². The predicted molar refractivity (Wildman–Crippen MR) is 149 cm³/mol. The van der Waals surface area contributed by atoms with Crippen molar-refractivity contribution in [3.8, 4) is 0 Å². The number of nitrogens with two attached hydrogens (primary N) is 1. The number of nitrogens with zero attached hydrogens (tertiary/aromatic N) is 2. The van der Waals surface area contributed by atoms with Crippen LogP contribution in [0.25, 0.3) is 10.8 Å². The second-order valence-corrected chi connectivity index (χ2v) is 10.3. The van der Waals surface area contributed by atoms with Gasteiger partial charge in [0.25, 0.3) is 0 Å². The SMILES string of the molecule is CN(CCCc1ccccc1)C(=O)C(Cc1ccc2ccccc2c1)N(C)C(=O)/C=C/CC(C)(C)N. The number of carbonyl (C=O) groups excluding carboxylic acids is 2. The summed E-state index contributed by atoms with van der Waals surface area (Å²) in [6.45, 7) is 4.46. The van der Waals surface area contributed by atoms with Crippen molar-refractivity contribution in [1.82, 2.24) is 9.80 Å². The molecule has 0 aliphatic heterocycles. The van der Waals surface area contributed by atoms with E-state index in [-0.39, 0.29) is 11.8 Å². The van der Waals surface area contributed by atoms with Crippen molar-refractivity contribution in [3.63, 3.8) is 0 Å². The van der Waals surface area contributed by atoms with Crippen molar-refractivity contribution < 1.29 is 9.59 Å². The van der Waals surface area contributed by atoms with E-state index in [0.717, 1.165) is 29.2 Å². The molecule has 0 fully saturated rings. The molecule has 5 heteroatoms. The number of benzene rings is 3. The molecular formula is C31H39N3O2. The molecule has 0 saturated heterocycles. The Hall–Kier alpha value is -3.44. The maximum absolute atomic E-state index is 13.6. The molecule has 0 aliphatic carbocycles. The molecule has 3 rings (SSSR count). The first-order chi connectivity index (χ1) is 17.1. The molecule has 1 atom stereocenters. The summed E-state index contributed by atoms with van der Waals surface area (Å²) in [6, 6.07) is 24.1. The van der Waals surface area contributed by atoms with E-state index in [1.807, 2.05) is 57.3 Å². The maximum atomic E-state index is 13.6. The minimum absolute atomic E-state index is 0.0559. The van der Waals surface area contributed by atoms with Crippen molar-refractivity contribution in [2.45, 2.75) is 51.1 Å². The monoisotopic (exact) mass is 485 g/mol. The van der Waals surface area contributed by atoms with Crippen LogP contribution in [-0.2, 0) is 22.4 Å². The van der Waals surface area contributed by atoms with Gasteiger partial charge in [-0.2, -0.15) is 0 Å². The molecule has 0 bridgehead atoms. The highest BCUT2D eigenvalue weighted by Gasteiger charge is 2.29. The number of likely N-dealkylation sites (N-methyl/N-ethyl adjacent to an activating group) is 2. The number of carbonyl (C=O) groups is 2. The van der Waals surface area contributed by atoms with Gasteiger partial charge in [-0.3, -0.25) is 9.59 Å². The summed E-state index contributed by atoms with van der Waals surface area (Å²) in [5, 5.41) is 2.27. The molecule has 190 valence electrons. The summed E-state index contributed by atoms with van der Waals surface area (Å²) in [5.41, 5.74) is 7.93. The fraction of sp³-hybridized carbons (Fsp3) is 0.355. The van der Waals surface area contributed by atoms with Crippen molar-refractivity contribution in [3.05, 3.63) is 96.1 Å². The number of hydrogen-bond acceptors (Lipinski definition) is 3. The van der Waals surface area contributed by atoms with Crippen LogP contribution in [0.5, 0.6) is 0 Å². The first kappa shape index (κ1) is 27.2. The van der Waals surface area contributed by atoms with Gasteiger partial charge >= 0.3 is 0 Å². The van der Waals surface area contributed by atoms with Gasteiger partial charge in [-0.1, -0.05) is 78.9 Å². The summed E-state index contributed by atoms with van der Waals surface area (Å²) in [4.78, 5) is 30.0. The Morgan fingerprint density at radius 1 is 0.917 bits per heavy atom. The van der Waals surface area contributed by atoms with Crippen LogP contribution in [0.2, 0.25) is 0 Å². The summed E-state index contributed by atoms with van der Waals surface area (Å²) in [5.74, 6) is -0.254. The summed E-state index contributed by atoms with van der Waals surface area (Å²) in [6.07, 6.45) is 6.11. The van der Waals surface area contributed by atoms with E-state index in [1.165, 1.54) is 11.6 Å². The fourth-order valence-electron chi connectivity index (χ4n) is 4.24. The maximum Gasteiger partial charge on any atom is 0.246 e. The van der Waals surface area contributed by atoms with Crippen molar-refractivity contribution in [1.29, 1.82) is 0 Å². The molecule has 0 saturated carbocycles. The standard InChI is InChI=1S/C31H39N3O2/c1-31(2,32)20-10-17-29(35)34(4)28(23-25-18-19-26-15-8-9-16-27(26)22-25)30(36)33(3)21-11-14-24-12-6-5-7-13-24/h5-10,12-13,15-19,22,28H,11,14,20-21,23,32H2,1-4H3/b17-10+. The molecule has 0 heterocycles. The quantitative estimate of drug-likeness (QED) is 0.389. The van der Waals surface area contributed by atoms with E-state index in [2.05, 4.69) is 36.4 Å². The lowest BCUT2D eigenvalue weighted by Gasteiger charge is -2.30. The predicted octanol–water partition coefficient (Wildman–Crippen LogP) is 4.98. The van der Waals surface area contributed by atoms with E-state index < -0.39 is 11.6 Å². The van der Waals surface area contributed by atoms with E-state index in [9.17, 15) is 9.59 Å². The first-order valence-corrected chi connectivity index (χ1v) is 12.6. The lowest BCUT2D eigenvalue weighted by Crippen LogP contribution is -2.49. The third kappa shape index (κ3) is 8.06. The smallest absolute Gasteiger partial charge is 0.246 e. The molecule has 2 N–H and O–H groups in total. The van der Waals surface area contributed by atoms with Gasteiger partial charge < -0.3 is 15.5 Å². The van der Waals surface area contributed by atoms with Gasteiger partial charge in [0.15, 0.2) is 0 Å². The zero-order valence-electron chi connectivity index (χ0n) is 22.0. The van der Waals surface area contributed by atoms with Crippen LogP contribution in [-0.4, -0.2) is 53.8 Å². The molecule has 5 nitrogen and oxygen atoms in total. The third-order valence-corrected chi connectivity index (χ3v) is 6.43. The van der Waals surface area contributed by atoms with Crippen LogP contribution in [0.15, 0.2) is 84.9 Å². The van der Waals surface area contributed by atoms with Crippen molar-refractivity contribution in [2.24, 2.45) is 5.73 Å². The summed E-state index contributed by atoms with van der Waals surface area (Å²) < 4.78 is 0.